The average molecular weight is 507 g/mol. The van der Waals surface area contributed by atoms with E-state index in [0.717, 1.165) is 28.6 Å². The molecule has 35 heavy (non-hydrogen) atoms. The Labute approximate surface area is 213 Å². The molecule has 8 heteroatoms. The number of para-hydroxylation sites is 2. The van der Waals surface area contributed by atoms with Gasteiger partial charge in [-0.1, -0.05) is 80.3 Å². The van der Waals surface area contributed by atoms with E-state index in [9.17, 15) is 14.0 Å². The standard InChI is InChI=1S/C27H23FN2O3S2/c1-17(2)20-7-3-5-9-22(20)29-25(31)16-33-19-13-11-18(12-14-19)15-24-26(32)30(27(34)35-24)23-10-6-4-8-21(23)28/h3-15,17H,16H2,1-2H3,(H,29,31)/b24-15-. The lowest BCUT2D eigenvalue weighted by Crippen LogP contribution is -2.28. The van der Waals surface area contributed by atoms with Gasteiger partial charge in [-0.2, -0.15) is 0 Å². The van der Waals surface area contributed by atoms with Crippen molar-refractivity contribution in [3.05, 3.63) is 94.6 Å². The average Bonchev–Trinajstić information content (AvgIpc) is 3.11. The largest absolute Gasteiger partial charge is 0.484 e. The van der Waals surface area contributed by atoms with E-state index in [-0.39, 0.29) is 34.3 Å². The van der Waals surface area contributed by atoms with Crippen molar-refractivity contribution < 1.29 is 18.7 Å². The second kappa shape index (κ2) is 10.8. The van der Waals surface area contributed by atoms with E-state index in [1.807, 2.05) is 24.3 Å². The Balaban J connectivity index is 1.38. The maximum Gasteiger partial charge on any atom is 0.270 e. The van der Waals surface area contributed by atoms with Crippen molar-refractivity contribution in [3.8, 4) is 5.75 Å². The van der Waals surface area contributed by atoms with Crippen LogP contribution in [-0.2, 0) is 9.59 Å². The summed E-state index contributed by atoms with van der Waals surface area (Å²) < 4.78 is 20.1. The highest BCUT2D eigenvalue weighted by Crippen LogP contribution is 2.37. The van der Waals surface area contributed by atoms with Gasteiger partial charge in [0.05, 0.1) is 10.6 Å². The van der Waals surface area contributed by atoms with E-state index < -0.39 is 5.82 Å². The van der Waals surface area contributed by atoms with Gasteiger partial charge < -0.3 is 10.1 Å². The normalized spacial score (nSPS) is 14.6. The lowest BCUT2D eigenvalue weighted by Gasteiger charge is -2.14. The highest BCUT2D eigenvalue weighted by molar-refractivity contribution is 8.27. The molecule has 178 valence electrons. The van der Waals surface area contributed by atoms with E-state index in [0.29, 0.717) is 10.7 Å². The van der Waals surface area contributed by atoms with Gasteiger partial charge in [-0.05, 0) is 53.5 Å². The second-order valence-corrected chi connectivity index (χ2v) is 9.79. The summed E-state index contributed by atoms with van der Waals surface area (Å²) in [6, 6.07) is 20.7. The number of nitrogens with one attached hydrogen (secondary N) is 1. The van der Waals surface area contributed by atoms with Crippen molar-refractivity contribution in [2.75, 3.05) is 16.8 Å². The molecule has 1 N–H and O–H groups in total. The molecule has 0 unspecified atom stereocenters. The fraction of sp³-hybridized carbons (Fsp3) is 0.148. The molecule has 0 atom stereocenters. The zero-order valence-corrected chi connectivity index (χ0v) is 20.8. The van der Waals surface area contributed by atoms with Crippen molar-refractivity contribution in [2.45, 2.75) is 19.8 Å². The lowest BCUT2D eigenvalue weighted by atomic mass is 10.0. The first-order chi connectivity index (χ1) is 16.8. The van der Waals surface area contributed by atoms with Crippen LogP contribution < -0.4 is 15.0 Å². The monoisotopic (exact) mass is 506 g/mol. The lowest BCUT2D eigenvalue weighted by molar-refractivity contribution is -0.118. The summed E-state index contributed by atoms with van der Waals surface area (Å²) in [7, 11) is 0. The van der Waals surface area contributed by atoms with Gasteiger partial charge in [-0.25, -0.2) is 4.39 Å². The number of amides is 2. The number of thioether (sulfide) groups is 1. The number of anilines is 2. The molecule has 0 aromatic heterocycles. The zero-order valence-electron chi connectivity index (χ0n) is 19.2. The third kappa shape index (κ3) is 5.78. The van der Waals surface area contributed by atoms with E-state index in [1.54, 1.807) is 42.5 Å². The van der Waals surface area contributed by atoms with Crippen molar-refractivity contribution in [1.29, 1.82) is 0 Å². The number of benzene rings is 3. The molecule has 0 radical (unpaired) electrons. The minimum Gasteiger partial charge on any atom is -0.484 e. The number of hydrogen-bond acceptors (Lipinski definition) is 5. The third-order valence-corrected chi connectivity index (χ3v) is 6.59. The first-order valence-corrected chi connectivity index (χ1v) is 12.2. The molecule has 4 rings (SSSR count). The molecule has 0 bridgehead atoms. The first-order valence-electron chi connectivity index (χ1n) is 11.0. The van der Waals surface area contributed by atoms with Crippen LogP contribution in [0, 0.1) is 5.82 Å². The SMILES string of the molecule is CC(C)c1ccccc1NC(=O)COc1ccc(/C=C2\SC(=S)N(c3ccccc3F)C2=O)cc1. The Morgan fingerprint density at radius 3 is 2.49 bits per heavy atom. The van der Waals surface area contributed by atoms with E-state index in [4.69, 9.17) is 17.0 Å². The molecular formula is C27H23FN2O3S2. The van der Waals surface area contributed by atoms with Gasteiger partial charge in [0.1, 0.15) is 11.6 Å². The predicted octanol–water partition coefficient (Wildman–Crippen LogP) is 6.37. The number of nitrogens with zero attached hydrogens (tertiary/aromatic N) is 1. The number of hydrogen-bond donors (Lipinski definition) is 1. The molecule has 1 fully saturated rings. The molecule has 1 heterocycles. The van der Waals surface area contributed by atoms with Crippen LogP contribution in [0.2, 0.25) is 0 Å². The Morgan fingerprint density at radius 1 is 1.09 bits per heavy atom. The molecule has 5 nitrogen and oxygen atoms in total. The number of halogens is 1. The molecule has 0 saturated carbocycles. The van der Waals surface area contributed by atoms with Crippen molar-refractivity contribution in [2.24, 2.45) is 0 Å². The van der Waals surface area contributed by atoms with Gasteiger partial charge in [0, 0.05) is 5.69 Å². The predicted molar refractivity (Wildman–Crippen MR) is 143 cm³/mol. The zero-order chi connectivity index (χ0) is 24.9. The Morgan fingerprint density at radius 2 is 1.77 bits per heavy atom. The molecule has 0 aliphatic carbocycles. The molecule has 3 aromatic rings. The van der Waals surface area contributed by atoms with Crippen LogP contribution in [0.1, 0.15) is 30.9 Å². The fourth-order valence-corrected chi connectivity index (χ4v) is 4.85. The van der Waals surface area contributed by atoms with Gasteiger partial charge in [0.25, 0.3) is 11.8 Å². The summed E-state index contributed by atoms with van der Waals surface area (Å²) in [6.07, 6.45) is 1.69. The molecule has 2 amide bonds. The summed E-state index contributed by atoms with van der Waals surface area (Å²) in [5, 5.41) is 2.90. The van der Waals surface area contributed by atoms with E-state index in [2.05, 4.69) is 19.2 Å². The maximum atomic E-state index is 14.2. The van der Waals surface area contributed by atoms with Crippen molar-refractivity contribution >= 4 is 57.6 Å². The van der Waals surface area contributed by atoms with Gasteiger partial charge >= 0.3 is 0 Å². The van der Waals surface area contributed by atoms with E-state index >= 15 is 0 Å². The van der Waals surface area contributed by atoms with Crippen molar-refractivity contribution in [3.63, 3.8) is 0 Å². The molecule has 1 aliphatic heterocycles. The minimum atomic E-state index is -0.511. The Kier molecular flexibility index (Phi) is 7.63. The van der Waals surface area contributed by atoms with Crippen LogP contribution in [0.4, 0.5) is 15.8 Å². The molecular weight excluding hydrogens is 483 g/mol. The smallest absolute Gasteiger partial charge is 0.270 e. The maximum absolute atomic E-state index is 14.2. The van der Waals surface area contributed by atoms with Gasteiger partial charge in [-0.15, -0.1) is 0 Å². The van der Waals surface area contributed by atoms with Crippen LogP contribution in [0.15, 0.2) is 77.7 Å². The van der Waals surface area contributed by atoms with Crippen LogP contribution >= 0.6 is 24.0 Å². The van der Waals surface area contributed by atoms with Gasteiger partial charge in [0.15, 0.2) is 10.9 Å². The van der Waals surface area contributed by atoms with Crippen LogP contribution in [0.3, 0.4) is 0 Å². The van der Waals surface area contributed by atoms with Crippen LogP contribution in [0.5, 0.6) is 5.75 Å². The van der Waals surface area contributed by atoms with E-state index in [1.165, 1.54) is 17.0 Å². The first kappa shape index (κ1) is 24.6. The topological polar surface area (TPSA) is 58.6 Å². The van der Waals surface area contributed by atoms with Crippen LogP contribution in [0.25, 0.3) is 6.08 Å². The van der Waals surface area contributed by atoms with Gasteiger partial charge in [0.2, 0.25) is 0 Å². The number of rotatable bonds is 7. The summed E-state index contributed by atoms with van der Waals surface area (Å²) in [6.45, 7) is 4.01. The number of carbonyl (C=O) groups excluding carboxylic acids is 2. The number of ether oxygens (including phenoxy) is 1. The molecule has 1 saturated heterocycles. The summed E-state index contributed by atoms with van der Waals surface area (Å²) >= 11 is 6.42. The molecule has 0 spiro atoms. The van der Waals surface area contributed by atoms with Crippen LogP contribution in [-0.4, -0.2) is 22.7 Å². The summed E-state index contributed by atoms with van der Waals surface area (Å²) in [4.78, 5) is 26.8. The fourth-order valence-electron chi connectivity index (χ4n) is 3.57. The number of thiocarbonyl (C=S) groups is 1. The second-order valence-electron chi connectivity index (χ2n) is 8.12. The summed E-state index contributed by atoms with van der Waals surface area (Å²) in [5.74, 6) is -0.327. The molecule has 3 aromatic carbocycles. The summed E-state index contributed by atoms with van der Waals surface area (Å²) in [5.41, 5.74) is 2.72. The minimum absolute atomic E-state index is 0.132. The third-order valence-electron chi connectivity index (χ3n) is 5.29. The highest BCUT2D eigenvalue weighted by atomic mass is 32.2. The van der Waals surface area contributed by atoms with Crippen molar-refractivity contribution in [1.82, 2.24) is 0 Å². The quantitative estimate of drug-likeness (QED) is 0.298. The Hall–Kier alpha value is -3.49. The van der Waals surface area contributed by atoms with Gasteiger partial charge in [-0.3, -0.25) is 14.5 Å². The number of carbonyl (C=O) groups is 2. The Bertz CT molecular complexity index is 1310. The molecule has 1 aliphatic rings. The highest BCUT2D eigenvalue weighted by Gasteiger charge is 2.34.